The average molecular weight is 232 g/mol. The predicted octanol–water partition coefficient (Wildman–Crippen LogP) is 3.29. The van der Waals surface area contributed by atoms with Gasteiger partial charge < -0.3 is 10.5 Å². The van der Waals surface area contributed by atoms with E-state index in [2.05, 4.69) is 6.07 Å². The molecule has 1 aromatic rings. The lowest BCUT2D eigenvalue weighted by Crippen LogP contribution is -2.10. The molecule has 0 saturated carbocycles. The van der Waals surface area contributed by atoms with Gasteiger partial charge in [-0.3, -0.25) is 0 Å². The highest BCUT2D eigenvalue weighted by Crippen LogP contribution is 2.26. The Hall–Kier alpha value is -1.69. The highest BCUT2D eigenvalue weighted by atomic mass is 16.5. The Morgan fingerprint density at radius 2 is 2.12 bits per heavy atom. The molecule has 17 heavy (non-hydrogen) atoms. The Morgan fingerprint density at radius 3 is 2.71 bits per heavy atom. The molecule has 0 spiro atoms. The van der Waals surface area contributed by atoms with Crippen molar-refractivity contribution in [2.75, 3.05) is 12.3 Å². The molecule has 0 bridgehead atoms. The van der Waals surface area contributed by atoms with E-state index in [1.54, 1.807) is 0 Å². The molecule has 3 heteroatoms. The minimum atomic E-state index is -0.277. The molecule has 0 heterocycles. The van der Waals surface area contributed by atoms with Crippen molar-refractivity contribution in [1.29, 1.82) is 5.26 Å². The highest BCUT2D eigenvalue weighted by Gasteiger charge is 2.15. The third-order valence-electron chi connectivity index (χ3n) is 2.74. The zero-order valence-electron chi connectivity index (χ0n) is 10.8. The molecule has 0 saturated heterocycles. The van der Waals surface area contributed by atoms with Crippen LogP contribution in [0.15, 0.2) is 18.2 Å². The van der Waals surface area contributed by atoms with Gasteiger partial charge in [0, 0.05) is 0 Å². The van der Waals surface area contributed by atoms with Crippen LogP contribution in [-0.4, -0.2) is 6.61 Å². The molecule has 0 amide bonds. The molecule has 1 rings (SSSR count). The summed E-state index contributed by atoms with van der Waals surface area (Å²) in [7, 11) is 0. The molecule has 0 fully saturated rings. The summed E-state index contributed by atoms with van der Waals surface area (Å²) in [6.45, 7) is 6.45. The number of para-hydroxylation sites is 1. The van der Waals surface area contributed by atoms with Crippen molar-refractivity contribution in [2.24, 2.45) is 5.41 Å². The van der Waals surface area contributed by atoms with Crippen molar-refractivity contribution in [3.8, 4) is 11.8 Å². The highest BCUT2D eigenvalue weighted by molar-refractivity contribution is 5.56. The van der Waals surface area contributed by atoms with E-state index in [9.17, 15) is 0 Å². The van der Waals surface area contributed by atoms with Gasteiger partial charge in [0.1, 0.15) is 5.75 Å². The van der Waals surface area contributed by atoms with Crippen LogP contribution in [0.2, 0.25) is 0 Å². The van der Waals surface area contributed by atoms with Crippen LogP contribution >= 0.6 is 0 Å². The number of aryl methyl sites for hydroxylation is 1. The number of benzene rings is 1. The number of nitrogens with zero attached hydrogens (tertiary/aromatic N) is 1. The molecule has 0 aliphatic carbocycles. The van der Waals surface area contributed by atoms with Crippen molar-refractivity contribution >= 4 is 5.69 Å². The molecule has 0 unspecified atom stereocenters. The van der Waals surface area contributed by atoms with Gasteiger partial charge in [-0.15, -0.1) is 0 Å². The van der Waals surface area contributed by atoms with Gasteiger partial charge in [0.25, 0.3) is 0 Å². The second-order valence-corrected chi connectivity index (χ2v) is 4.94. The van der Waals surface area contributed by atoms with E-state index in [0.29, 0.717) is 12.3 Å². The third kappa shape index (κ3) is 3.99. The van der Waals surface area contributed by atoms with E-state index in [4.69, 9.17) is 15.7 Å². The van der Waals surface area contributed by atoms with Crippen molar-refractivity contribution < 1.29 is 4.74 Å². The van der Waals surface area contributed by atoms with Crippen LogP contribution in [0, 0.1) is 23.7 Å². The number of rotatable bonds is 5. The molecule has 0 radical (unpaired) electrons. The standard InChI is InChI=1S/C14H20N2O/c1-11-6-4-7-12(16)13(11)17-9-5-8-14(2,3)10-15/h4,6-7H,5,8-9,16H2,1-3H3. The number of anilines is 1. The largest absolute Gasteiger partial charge is 0.491 e. The summed E-state index contributed by atoms with van der Waals surface area (Å²) in [6.07, 6.45) is 1.68. The van der Waals surface area contributed by atoms with E-state index in [1.165, 1.54) is 0 Å². The molecule has 0 aliphatic rings. The maximum absolute atomic E-state index is 8.89. The number of ether oxygens (including phenoxy) is 1. The fourth-order valence-electron chi connectivity index (χ4n) is 1.62. The van der Waals surface area contributed by atoms with Gasteiger partial charge in [-0.2, -0.15) is 5.26 Å². The molecule has 0 aliphatic heterocycles. The van der Waals surface area contributed by atoms with Crippen LogP contribution in [0.4, 0.5) is 5.69 Å². The molecule has 2 N–H and O–H groups in total. The maximum Gasteiger partial charge on any atom is 0.145 e. The molecule has 0 aromatic heterocycles. The molecule has 92 valence electrons. The summed E-state index contributed by atoms with van der Waals surface area (Å²) in [4.78, 5) is 0. The van der Waals surface area contributed by atoms with Gasteiger partial charge in [-0.25, -0.2) is 0 Å². The first-order chi connectivity index (χ1) is 7.96. The van der Waals surface area contributed by atoms with Crippen LogP contribution in [0.5, 0.6) is 5.75 Å². The van der Waals surface area contributed by atoms with Gasteiger partial charge in [0.15, 0.2) is 0 Å². The number of nitrogens with two attached hydrogens (primary N) is 1. The van der Waals surface area contributed by atoms with Crippen LogP contribution in [0.25, 0.3) is 0 Å². The van der Waals surface area contributed by atoms with Gasteiger partial charge in [-0.1, -0.05) is 12.1 Å². The topological polar surface area (TPSA) is 59.0 Å². The smallest absolute Gasteiger partial charge is 0.145 e. The normalized spacial score (nSPS) is 10.9. The van der Waals surface area contributed by atoms with Crippen LogP contribution in [0.3, 0.4) is 0 Å². The minimum Gasteiger partial charge on any atom is -0.491 e. The Morgan fingerprint density at radius 1 is 1.41 bits per heavy atom. The summed E-state index contributed by atoms with van der Waals surface area (Å²) in [5, 5.41) is 8.89. The Balaban J connectivity index is 2.45. The van der Waals surface area contributed by atoms with E-state index in [1.807, 2.05) is 39.0 Å². The zero-order chi connectivity index (χ0) is 12.9. The Bertz CT molecular complexity index is 398. The van der Waals surface area contributed by atoms with Crippen molar-refractivity contribution in [3.05, 3.63) is 23.8 Å². The monoisotopic (exact) mass is 232 g/mol. The quantitative estimate of drug-likeness (QED) is 0.626. The number of nitriles is 1. The minimum absolute atomic E-state index is 0.277. The predicted molar refractivity (Wildman–Crippen MR) is 69.7 cm³/mol. The summed E-state index contributed by atoms with van der Waals surface area (Å²) >= 11 is 0. The fraction of sp³-hybridized carbons (Fsp3) is 0.500. The Kier molecular flexibility index (Phi) is 4.39. The SMILES string of the molecule is Cc1cccc(N)c1OCCCC(C)(C)C#N. The second kappa shape index (κ2) is 5.58. The van der Waals surface area contributed by atoms with E-state index in [0.717, 1.165) is 24.2 Å². The lowest BCUT2D eigenvalue weighted by atomic mass is 9.90. The molecule has 0 atom stereocenters. The summed E-state index contributed by atoms with van der Waals surface area (Å²) < 4.78 is 5.67. The summed E-state index contributed by atoms with van der Waals surface area (Å²) in [6, 6.07) is 8.01. The van der Waals surface area contributed by atoms with Gasteiger partial charge >= 0.3 is 0 Å². The van der Waals surface area contributed by atoms with Crippen LogP contribution < -0.4 is 10.5 Å². The lowest BCUT2D eigenvalue weighted by molar-refractivity contribution is 0.284. The first-order valence-electron chi connectivity index (χ1n) is 5.85. The van der Waals surface area contributed by atoms with E-state index < -0.39 is 0 Å². The van der Waals surface area contributed by atoms with E-state index >= 15 is 0 Å². The van der Waals surface area contributed by atoms with Gasteiger partial charge in [-0.05, 0) is 45.2 Å². The Labute approximate surface area is 103 Å². The van der Waals surface area contributed by atoms with Crippen molar-refractivity contribution in [2.45, 2.75) is 33.6 Å². The molecular weight excluding hydrogens is 212 g/mol. The zero-order valence-corrected chi connectivity index (χ0v) is 10.8. The molecular formula is C14H20N2O. The summed E-state index contributed by atoms with van der Waals surface area (Å²) in [5.74, 6) is 0.766. The molecule has 1 aromatic carbocycles. The van der Waals surface area contributed by atoms with Crippen LogP contribution in [-0.2, 0) is 0 Å². The summed E-state index contributed by atoms with van der Waals surface area (Å²) in [5.41, 5.74) is 7.28. The average Bonchev–Trinajstić information content (AvgIpc) is 2.27. The van der Waals surface area contributed by atoms with E-state index in [-0.39, 0.29) is 5.41 Å². The number of hydrogen-bond donors (Lipinski definition) is 1. The number of nitrogen functional groups attached to an aromatic ring is 1. The van der Waals surface area contributed by atoms with Crippen molar-refractivity contribution in [3.63, 3.8) is 0 Å². The molecule has 3 nitrogen and oxygen atoms in total. The van der Waals surface area contributed by atoms with Crippen molar-refractivity contribution in [1.82, 2.24) is 0 Å². The number of hydrogen-bond acceptors (Lipinski definition) is 3. The van der Waals surface area contributed by atoms with Gasteiger partial charge in [0.05, 0.1) is 23.8 Å². The van der Waals surface area contributed by atoms with Gasteiger partial charge in [0.2, 0.25) is 0 Å². The second-order valence-electron chi connectivity index (χ2n) is 4.94. The lowest BCUT2D eigenvalue weighted by Gasteiger charge is -2.16. The fourth-order valence-corrected chi connectivity index (χ4v) is 1.62. The first-order valence-corrected chi connectivity index (χ1v) is 5.85. The third-order valence-corrected chi connectivity index (χ3v) is 2.74. The maximum atomic E-state index is 8.89. The first kappa shape index (κ1) is 13.4. The van der Waals surface area contributed by atoms with Crippen LogP contribution in [0.1, 0.15) is 32.3 Å².